The molecule has 0 unspecified atom stereocenters. The van der Waals surface area contributed by atoms with Crippen molar-refractivity contribution in [1.82, 2.24) is 4.98 Å². The first kappa shape index (κ1) is 15.9. The van der Waals surface area contributed by atoms with Gasteiger partial charge in [-0.3, -0.25) is 4.79 Å². The van der Waals surface area contributed by atoms with Crippen LogP contribution in [0.2, 0.25) is 5.02 Å². The molecule has 0 aliphatic carbocycles. The molecule has 1 heterocycles. The summed E-state index contributed by atoms with van der Waals surface area (Å²) in [6.07, 6.45) is 1.07. The van der Waals surface area contributed by atoms with Gasteiger partial charge in [0.25, 0.3) is 5.91 Å². The molecule has 0 fully saturated rings. The molecule has 0 aliphatic rings. The Hall–Kier alpha value is -1.96. The van der Waals surface area contributed by atoms with Gasteiger partial charge < -0.3 is 5.32 Å². The first-order valence-electron chi connectivity index (χ1n) is 6.50. The van der Waals surface area contributed by atoms with Gasteiger partial charge in [-0.15, -0.1) is 11.3 Å². The van der Waals surface area contributed by atoms with E-state index in [1.807, 2.05) is 0 Å². The summed E-state index contributed by atoms with van der Waals surface area (Å²) in [4.78, 5) is 16.7. The number of sulfone groups is 1. The summed E-state index contributed by atoms with van der Waals surface area (Å²) in [6.45, 7) is 0. The van der Waals surface area contributed by atoms with Gasteiger partial charge in [0.2, 0.25) is 0 Å². The lowest BCUT2D eigenvalue weighted by atomic mass is 10.2. The highest BCUT2D eigenvalue weighted by molar-refractivity contribution is 7.90. The van der Waals surface area contributed by atoms with Crippen molar-refractivity contribution in [3.05, 3.63) is 52.5 Å². The number of carbonyl (C=O) groups excluding carboxylic acids is 1. The Balaban J connectivity index is 2.03. The number of rotatable bonds is 3. The molecule has 3 rings (SSSR count). The minimum atomic E-state index is -3.50. The number of anilines is 1. The number of hydrogen-bond acceptors (Lipinski definition) is 5. The van der Waals surface area contributed by atoms with Crippen LogP contribution in [-0.4, -0.2) is 25.6 Å². The van der Waals surface area contributed by atoms with E-state index in [1.165, 1.54) is 23.5 Å². The minimum absolute atomic E-state index is 0.00740. The second-order valence-electron chi connectivity index (χ2n) is 4.85. The summed E-state index contributed by atoms with van der Waals surface area (Å²) < 4.78 is 24.4. The summed E-state index contributed by atoms with van der Waals surface area (Å²) in [6, 6.07) is 9.40. The third-order valence-corrected chi connectivity index (χ3v) is 5.53. The van der Waals surface area contributed by atoms with Crippen LogP contribution in [0.4, 0.5) is 5.69 Å². The molecule has 0 aliphatic heterocycles. The molecule has 1 amide bonds. The summed E-state index contributed by atoms with van der Waals surface area (Å²) >= 11 is 7.41. The molecule has 0 atom stereocenters. The number of nitrogens with zero attached hydrogens (tertiary/aromatic N) is 1. The zero-order valence-corrected chi connectivity index (χ0v) is 14.3. The van der Waals surface area contributed by atoms with E-state index < -0.39 is 15.7 Å². The van der Waals surface area contributed by atoms with Crippen molar-refractivity contribution in [3.8, 4) is 0 Å². The topological polar surface area (TPSA) is 76.1 Å². The fourth-order valence-corrected chi connectivity index (χ4v) is 4.12. The van der Waals surface area contributed by atoms with Crippen LogP contribution in [0.25, 0.3) is 10.2 Å². The van der Waals surface area contributed by atoms with Crippen molar-refractivity contribution < 1.29 is 13.2 Å². The van der Waals surface area contributed by atoms with Gasteiger partial charge in [-0.25, -0.2) is 13.4 Å². The van der Waals surface area contributed by atoms with Crippen LogP contribution >= 0.6 is 22.9 Å². The standard InChI is InChI=1S/C15H11ClN2O3S2/c1-23(20,21)12-5-3-2-4-9(12)15(19)18-11-7-6-10(16)13-14(11)22-8-17-13/h2-8H,1H3,(H,18,19). The number of aromatic nitrogens is 1. The second kappa shape index (κ2) is 5.92. The van der Waals surface area contributed by atoms with E-state index in [0.717, 1.165) is 11.0 Å². The molecule has 1 N–H and O–H groups in total. The van der Waals surface area contributed by atoms with Crippen LogP contribution in [-0.2, 0) is 9.84 Å². The van der Waals surface area contributed by atoms with Gasteiger partial charge in [0.15, 0.2) is 9.84 Å². The number of fused-ring (bicyclic) bond motifs is 1. The normalized spacial score (nSPS) is 11.6. The van der Waals surface area contributed by atoms with E-state index in [4.69, 9.17) is 11.6 Å². The van der Waals surface area contributed by atoms with E-state index in [0.29, 0.717) is 16.2 Å². The Morgan fingerprint density at radius 3 is 2.70 bits per heavy atom. The van der Waals surface area contributed by atoms with Gasteiger partial charge in [-0.1, -0.05) is 23.7 Å². The molecule has 2 aromatic carbocycles. The van der Waals surface area contributed by atoms with E-state index >= 15 is 0 Å². The molecule has 0 saturated carbocycles. The van der Waals surface area contributed by atoms with Gasteiger partial charge in [-0.05, 0) is 24.3 Å². The highest BCUT2D eigenvalue weighted by atomic mass is 35.5. The van der Waals surface area contributed by atoms with Crippen LogP contribution in [0, 0.1) is 0 Å². The Morgan fingerprint density at radius 1 is 1.22 bits per heavy atom. The van der Waals surface area contributed by atoms with Gasteiger partial charge in [0, 0.05) is 6.26 Å². The van der Waals surface area contributed by atoms with Crippen LogP contribution in [0.1, 0.15) is 10.4 Å². The van der Waals surface area contributed by atoms with Crippen molar-refractivity contribution in [1.29, 1.82) is 0 Å². The molecule has 0 spiro atoms. The number of hydrogen-bond donors (Lipinski definition) is 1. The molecule has 0 radical (unpaired) electrons. The summed E-state index contributed by atoms with van der Waals surface area (Å²) in [7, 11) is -3.50. The summed E-state index contributed by atoms with van der Waals surface area (Å²) in [5.74, 6) is -0.497. The number of carbonyl (C=O) groups is 1. The maximum absolute atomic E-state index is 12.5. The molecule has 1 aromatic heterocycles. The monoisotopic (exact) mass is 366 g/mol. The Kier molecular flexibility index (Phi) is 4.09. The average Bonchev–Trinajstić information content (AvgIpc) is 3.00. The third-order valence-electron chi connectivity index (χ3n) is 3.21. The fraction of sp³-hybridized carbons (Fsp3) is 0.0667. The van der Waals surface area contributed by atoms with E-state index in [1.54, 1.807) is 29.8 Å². The molecular formula is C15H11ClN2O3S2. The molecule has 118 valence electrons. The van der Waals surface area contributed by atoms with Crippen molar-refractivity contribution in [3.63, 3.8) is 0 Å². The SMILES string of the molecule is CS(=O)(=O)c1ccccc1C(=O)Nc1ccc(Cl)c2ncsc12. The Bertz CT molecular complexity index is 1010. The zero-order valence-electron chi connectivity index (χ0n) is 11.9. The molecule has 0 bridgehead atoms. The number of nitrogens with one attached hydrogen (secondary N) is 1. The minimum Gasteiger partial charge on any atom is -0.321 e. The zero-order chi connectivity index (χ0) is 16.6. The fourth-order valence-electron chi connectivity index (χ4n) is 2.18. The average molecular weight is 367 g/mol. The third kappa shape index (κ3) is 3.08. The smallest absolute Gasteiger partial charge is 0.257 e. The first-order chi connectivity index (χ1) is 10.9. The molecular weight excluding hydrogens is 356 g/mol. The van der Waals surface area contributed by atoms with E-state index in [9.17, 15) is 13.2 Å². The number of benzene rings is 2. The molecule has 0 saturated heterocycles. The first-order valence-corrected chi connectivity index (χ1v) is 9.65. The Labute approximate surface area is 141 Å². The summed E-state index contributed by atoms with van der Waals surface area (Å²) in [5.41, 5.74) is 2.88. The Morgan fingerprint density at radius 2 is 1.96 bits per heavy atom. The molecule has 5 nitrogen and oxygen atoms in total. The maximum Gasteiger partial charge on any atom is 0.257 e. The van der Waals surface area contributed by atoms with Gasteiger partial charge in [0.1, 0.15) is 5.52 Å². The van der Waals surface area contributed by atoms with Crippen molar-refractivity contribution in [2.45, 2.75) is 4.90 Å². The lowest BCUT2D eigenvalue weighted by molar-refractivity contribution is 0.102. The highest BCUT2D eigenvalue weighted by Crippen LogP contribution is 2.32. The predicted molar refractivity (Wildman–Crippen MR) is 92.1 cm³/mol. The quantitative estimate of drug-likeness (QED) is 0.768. The lowest BCUT2D eigenvalue weighted by Gasteiger charge is -2.09. The number of halogens is 1. The van der Waals surface area contributed by atoms with E-state index in [-0.39, 0.29) is 10.5 Å². The summed E-state index contributed by atoms with van der Waals surface area (Å²) in [5, 5.41) is 3.23. The van der Waals surface area contributed by atoms with Crippen molar-refractivity contribution in [2.75, 3.05) is 11.6 Å². The van der Waals surface area contributed by atoms with Gasteiger partial charge in [-0.2, -0.15) is 0 Å². The largest absolute Gasteiger partial charge is 0.321 e. The van der Waals surface area contributed by atoms with E-state index in [2.05, 4.69) is 10.3 Å². The van der Waals surface area contributed by atoms with Crippen LogP contribution < -0.4 is 5.32 Å². The number of thiazole rings is 1. The molecule has 3 aromatic rings. The molecule has 8 heteroatoms. The second-order valence-corrected chi connectivity index (χ2v) is 8.09. The van der Waals surface area contributed by atoms with Crippen LogP contribution in [0.5, 0.6) is 0 Å². The van der Waals surface area contributed by atoms with Crippen LogP contribution in [0.3, 0.4) is 0 Å². The maximum atomic E-state index is 12.5. The van der Waals surface area contributed by atoms with Crippen molar-refractivity contribution in [2.24, 2.45) is 0 Å². The highest BCUT2D eigenvalue weighted by Gasteiger charge is 2.19. The van der Waals surface area contributed by atoms with Gasteiger partial charge in [0.05, 0.1) is 31.4 Å². The number of amides is 1. The molecule has 23 heavy (non-hydrogen) atoms. The van der Waals surface area contributed by atoms with Crippen molar-refractivity contribution >= 4 is 54.6 Å². The van der Waals surface area contributed by atoms with Gasteiger partial charge >= 0.3 is 0 Å². The lowest BCUT2D eigenvalue weighted by Crippen LogP contribution is -2.16. The predicted octanol–water partition coefficient (Wildman–Crippen LogP) is 3.61. The van der Waals surface area contributed by atoms with Crippen LogP contribution in [0.15, 0.2) is 46.8 Å².